The fraction of sp³-hybridized carbons (Fsp3) is 0.192. The molecule has 2 aromatic carbocycles. The first-order valence-electron chi connectivity index (χ1n) is 10.8. The van der Waals surface area contributed by atoms with Crippen LogP contribution in [0.5, 0.6) is 0 Å². The lowest BCUT2D eigenvalue weighted by Crippen LogP contribution is -2.23. The summed E-state index contributed by atoms with van der Waals surface area (Å²) in [6.07, 6.45) is 1.84. The molecular weight excluding hydrogens is 453 g/mol. The van der Waals surface area contributed by atoms with Crippen molar-refractivity contribution in [1.29, 1.82) is 0 Å². The van der Waals surface area contributed by atoms with E-state index in [1.807, 2.05) is 42.7 Å². The monoisotopic (exact) mass is 477 g/mol. The number of hydrogen-bond donors (Lipinski definition) is 0. The molecule has 4 rings (SSSR count). The van der Waals surface area contributed by atoms with Crippen LogP contribution in [0.3, 0.4) is 0 Å². The van der Waals surface area contributed by atoms with Crippen molar-refractivity contribution in [2.75, 3.05) is 13.7 Å². The van der Waals surface area contributed by atoms with Crippen LogP contribution in [0.15, 0.2) is 64.5 Å². The molecule has 1 saturated heterocycles. The SMILES string of the molecule is CCOC(=O)c1cccc(-n2c(C)cc(/C=C3\SC(=Nc4cccc(F)c4)N(C)C3=O)c2C)c1. The Balaban J connectivity index is 1.66. The quantitative estimate of drug-likeness (QED) is 0.352. The van der Waals surface area contributed by atoms with Crippen molar-refractivity contribution in [2.24, 2.45) is 4.99 Å². The number of aliphatic imine (C=N–C) groups is 1. The van der Waals surface area contributed by atoms with Crippen LogP contribution in [0.25, 0.3) is 11.8 Å². The lowest BCUT2D eigenvalue weighted by molar-refractivity contribution is -0.121. The van der Waals surface area contributed by atoms with E-state index in [9.17, 15) is 14.0 Å². The molecule has 0 radical (unpaired) electrons. The minimum atomic E-state index is -0.381. The number of amides is 1. The number of rotatable bonds is 5. The first kappa shape index (κ1) is 23.5. The summed E-state index contributed by atoms with van der Waals surface area (Å²) in [5, 5.41) is 0.484. The third-order valence-electron chi connectivity index (χ3n) is 5.41. The van der Waals surface area contributed by atoms with Crippen LogP contribution >= 0.6 is 11.8 Å². The smallest absolute Gasteiger partial charge is 0.338 e. The average molecular weight is 478 g/mol. The Morgan fingerprint density at radius 2 is 1.91 bits per heavy atom. The Morgan fingerprint density at radius 1 is 1.15 bits per heavy atom. The molecule has 0 atom stereocenters. The van der Waals surface area contributed by atoms with E-state index < -0.39 is 0 Å². The predicted molar refractivity (Wildman–Crippen MR) is 133 cm³/mol. The molecule has 2 heterocycles. The van der Waals surface area contributed by atoms with Gasteiger partial charge < -0.3 is 9.30 Å². The van der Waals surface area contributed by atoms with Gasteiger partial charge in [-0.05, 0) is 86.6 Å². The average Bonchev–Trinajstić information content (AvgIpc) is 3.23. The van der Waals surface area contributed by atoms with Gasteiger partial charge in [-0.1, -0.05) is 12.1 Å². The number of nitrogens with zero attached hydrogens (tertiary/aromatic N) is 3. The summed E-state index contributed by atoms with van der Waals surface area (Å²) in [7, 11) is 1.65. The number of halogens is 1. The van der Waals surface area contributed by atoms with Crippen molar-refractivity contribution in [1.82, 2.24) is 9.47 Å². The van der Waals surface area contributed by atoms with Gasteiger partial charge in [0.15, 0.2) is 5.17 Å². The molecule has 34 heavy (non-hydrogen) atoms. The molecule has 174 valence electrons. The Bertz CT molecular complexity index is 1340. The van der Waals surface area contributed by atoms with E-state index in [0.29, 0.717) is 27.9 Å². The zero-order valence-corrected chi connectivity index (χ0v) is 20.1. The van der Waals surface area contributed by atoms with Gasteiger partial charge >= 0.3 is 5.97 Å². The number of esters is 1. The van der Waals surface area contributed by atoms with Gasteiger partial charge in [0.05, 0.1) is 22.8 Å². The fourth-order valence-electron chi connectivity index (χ4n) is 3.77. The van der Waals surface area contributed by atoms with Crippen molar-refractivity contribution in [2.45, 2.75) is 20.8 Å². The minimum absolute atomic E-state index is 0.172. The molecule has 1 aromatic heterocycles. The van der Waals surface area contributed by atoms with E-state index in [1.165, 1.54) is 28.8 Å². The number of amidine groups is 1. The van der Waals surface area contributed by atoms with Crippen LogP contribution in [0, 0.1) is 19.7 Å². The maximum Gasteiger partial charge on any atom is 0.338 e. The highest BCUT2D eigenvalue weighted by molar-refractivity contribution is 8.18. The topological polar surface area (TPSA) is 63.9 Å². The standard InChI is InChI=1S/C26H24FN3O3S/c1-5-33-25(32)18-8-6-11-22(13-18)30-16(2)12-19(17(30)3)14-23-24(31)29(4)26(34-23)28-21-10-7-9-20(27)15-21/h6-15H,5H2,1-4H3/b23-14-,28-26?. The van der Waals surface area contributed by atoms with Gasteiger partial charge in [-0.15, -0.1) is 0 Å². The molecule has 1 aliphatic heterocycles. The Kier molecular flexibility index (Phi) is 6.70. The Morgan fingerprint density at radius 3 is 2.65 bits per heavy atom. The summed E-state index contributed by atoms with van der Waals surface area (Å²) in [6, 6.07) is 15.2. The molecule has 0 bridgehead atoms. The van der Waals surface area contributed by atoms with Gasteiger partial charge in [0.1, 0.15) is 5.82 Å². The molecule has 3 aromatic rings. The molecule has 0 aliphatic carbocycles. The number of ether oxygens (including phenoxy) is 1. The number of carbonyl (C=O) groups excluding carboxylic acids is 2. The number of hydrogen-bond acceptors (Lipinski definition) is 5. The van der Waals surface area contributed by atoms with Crippen LogP contribution in [0.2, 0.25) is 0 Å². The third-order valence-corrected chi connectivity index (χ3v) is 6.47. The van der Waals surface area contributed by atoms with Crippen LogP contribution < -0.4 is 0 Å². The van der Waals surface area contributed by atoms with Gasteiger partial charge in [0.2, 0.25) is 0 Å². The van der Waals surface area contributed by atoms with E-state index in [-0.39, 0.29) is 17.7 Å². The number of carbonyl (C=O) groups is 2. The molecule has 8 heteroatoms. The molecule has 0 N–H and O–H groups in total. The second kappa shape index (κ2) is 9.69. The summed E-state index contributed by atoms with van der Waals surface area (Å²) >= 11 is 1.25. The number of benzene rings is 2. The summed E-state index contributed by atoms with van der Waals surface area (Å²) in [5.74, 6) is -0.918. The third kappa shape index (κ3) is 4.68. The molecule has 1 fully saturated rings. The summed E-state index contributed by atoms with van der Waals surface area (Å²) in [6.45, 7) is 6.02. The molecule has 6 nitrogen and oxygen atoms in total. The van der Waals surface area contributed by atoms with Crippen LogP contribution in [-0.4, -0.2) is 40.2 Å². The largest absolute Gasteiger partial charge is 0.462 e. The van der Waals surface area contributed by atoms with Crippen molar-refractivity contribution < 1.29 is 18.7 Å². The first-order valence-corrected chi connectivity index (χ1v) is 11.6. The molecule has 0 spiro atoms. The van der Waals surface area contributed by atoms with E-state index >= 15 is 0 Å². The zero-order chi connectivity index (χ0) is 24.4. The van der Waals surface area contributed by atoms with Crippen LogP contribution in [0.1, 0.15) is 34.2 Å². The summed E-state index contributed by atoms with van der Waals surface area (Å²) in [5.41, 5.74) is 4.54. The maximum absolute atomic E-state index is 13.5. The van der Waals surface area contributed by atoms with Gasteiger partial charge in [0, 0.05) is 24.1 Å². The minimum Gasteiger partial charge on any atom is -0.462 e. The molecule has 0 unspecified atom stereocenters. The van der Waals surface area contributed by atoms with Crippen LogP contribution in [0.4, 0.5) is 10.1 Å². The fourth-order valence-corrected chi connectivity index (χ4v) is 4.74. The van der Waals surface area contributed by atoms with Gasteiger partial charge in [-0.25, -0.2) is 14.2 Å². The highest BCUT2D eigenvalue weighted by Crippen LogP contribution is 2.34. The summed E-state index contributed by atoms with van der Waals surface area (Å²) < 4.78 is 20.7. The highest BCUT2D eigenvalue weighted by Gasteiger charge is 2.30. The second-order valence-corrected chi connectivity index (χ2v) is 8.79. The molecule has 1 aliphatic rings. The van der Waals surface area contributed by atoms with Crippen LogP contribution in [-0.2, 0) is 9.53 Å². The highest BCUT2D eigenvalue weighted by atomic mass is 32.2. The van der Waals surface area contributed by atoms with E-state index in [1.54, 1.807) is 38.2 Å². The van der Waals surface area contributed by atoms with Crippen molar-refractivity contribution in [3.05, 3.63) is 87.8 Å². The number of likely N-dealkylation sites (N-methyl/N-ethyl adjacent to an activating group) is 1. The number of aryl methyl sites for hydroxylation is 1. The molecule has 1 amide bonds. The Labute approximate surface area is 201 Å². The van der Waals surface area contributed by atoms with Crippen molar-refractivity contribution in [3.63, 3.8) is 0 Å². The normalized spacial score (nSPS) is 16.0. The van der Waals surface area contributed by atoms with Gasteiger partial charge in [0.25, 0.3) is 5.91 Å². The lowest BCUT2D eigenvalue weighted by atomic mass is 10.2. The van der Waals surface area contributed by atoms with E-state index in [2.05, 4.69) is 4.99 Å². The lowest BCUT2D eigenvalue weighted by Gasteiger charge is -2.11. The van der Waals surface area contributed by atoms with Gasteiger partial charge in [-0.3, -0.25) is 9.69 Å². The predicted octanol–water partition coefficient (Wildman–Crippen LogP) is 5.64. The maximum atomic E-state index is 13.5. The van der Waals surface area contributed by atoms with Crippen molar-refractivity contribution >= 4 is 40.6 Å². The number of aromatic nitrogens is 1. The van der Waals surface area contributed by atoms with Gasteiger partial charge in [-0.2, -0.15) is 0 Å². The Hall–Kier alpha value is -3.65. The number of thioether (sulfide) groups is 1. The second-order valence-electron chi connectivity index (χ2n) is 7.78. The first-order chi connectivity index (χ1) is 16.3. The zero-order valence-electron chi connectivity index (χ0n) is 19.3. The van der Waals surface area contributed by atoms with E-state index in [4.69, 9.17) is 4.74 Å². The summed E-state index contributed by atoms with van der Waals surface area (Å²) in [4.78, 5) is 31.4. The van der Waals surface area contributed by atoms with E-state index in [0.717, 1.165) is 22.6 Å². The molecule has 0 saturated carbocycles. The molecular formula is C26H24FN3O3S. The van der Waals surface area contributed by atoms with Crippen molar-refractivity contribution in [3.8, 4) is 5.69 Å².